The monoisotopic (exact) mass is 405 g/mol. The zero-order chi connectivity index (χ0) is 21.0. The van der Waals surface area contributed by atoms with Crippen LogP contribution in [0.3, 0.4) is 0 Å². The number of carbonyl (C=O) groups excluding carboxylic acids is 2. The van der Waals surface area contributed by atoms with Crippen molar-refractivity contribution in [2.24, 2.45) is 5.92 Å². The summed E-state index contributed by atoms with van der Waals surface area (Å²) in [6.07, 6.45) is -3.05. The van der Waals surface area contributed by atoms with Crippen molar-refractivity contribution in [3.63, 3.8) is 0 Å². The Bertz CT molecular complexity index is 520. The van der Waals surface area contributed by atoms with Crippen LogP contribution in [-0.2, 0) is 23.5 Å². The van der Waals surface area contributed by atoms with Crippen LogP contribution in [0.2, 0.25) is 18.1 Å². The fourth-order valence-electron chi connectivity index (χ4n) is 2.82. The first-order valence-corrected chi connectivity index (χ1v) is 12.3. The van der Waals surface area contributed by atoms with Crippen LogP contribution in [0.1, 0.15) is 41.0 Å². The lowest BCUT2D eigenvalue weighted by Gasteiger charge is -2.48. The molecule has 0 aromatic rings. The van der Waals surface area contributed by atoms with Gasteiger partial charge in [0.2, 0.25) is 5.91 Å². The molecule has 8 nitrogen and oxygen atoms in total. The van der Waals surface area contributed by atoms with Crippen molar-refractivity contribution in [3.8, 4) is 0 Å². The largest absolute Gasteiger partial charge is 0.466 e. The normalized spacial score (nSPS) is 29.3. The molecule has 9 heteroatoms. The van der Waals surface area contributed by atoms with E-state index in [2.05, 4.69) is 26.1 Å². The quantitative estimate of drug-likeness (QED) is 0.430. The van der Waals surface area contributed by atoms with Gasteiger partial charge in [-0.25, -0.2) is 0 Å². The molecule has 0 saturated carbocycles. The molecule has 0 aromatic heterocycles. The van der Waals surface area contributed by atoms with E-state index in [1.165, 1.54) is 6.92 Å². The fraction of sp³-hybridized carbons (Fsp3) is 0.889. The van der Waals surface area contributed by atoms with Gasteiger partial charge in [-0.05, 0) is 25.1 Å². The molecule has 1 rings (SSSR count). The standard InChI is InChI=1S/C18H35NO7Si/c1-8-24-14(22)9-12-15(19-11(2)21)17(25-13(10-20)16(12)23)26-27(6,7)18(3,4)5/h12-13,15-17,20,23H,8-10H2,1-7H3,(H,19,21)/t12?,13-,15-,16+,17+/m1/s1. The topological polar surface area (TPSA) is 114 Å². The summed E-state index contributed by atoms with van der Waals surface area (Å²) >= 11 is 0. The molecule has 0 aromatic carbocycles. The molecular weight excluding hydrogens is 370 g/mol. The molecule has 1 aliphatic heterocycles. The van der Waals surface area contributed by atoms with Crippen LogP contribution in [0.25, 0.3) is 0 Å². The van der Waals surface area contributed by atoms with E-state index in [1.807, 2.05) is 13.1 Å². The Hall–Kier alpha value is -1.00. The highest BCUT2D eigenvalue weighted by Gasteiger charge is 2.50. The van der Waals surface area contributed by atoms with E-state index in [1.54, 1.807) is 6.92 Å². The smallest absolute Gasteiger partial charge is 0.306 e. The van der Waals surface area contributed by atoms with Gasteiger partial charge in [0, 0.05) is 12.8 Å². The molecule has 0 radical (unpaired) electrons. The average molecular weight is 406 g/mol. The van der Waals surface area contributed by atoms with Crippen molar-refractivity contribution in [1.29, 1.82) is 0 Å². The minimum absolute atomic E-state index is 0.113. The molecule has 0 bridgehead atoms. The van der Waals surface area contributed by atoms with Crippen LogP contribution in [0.5, 0.6) is 0 Å². The second kappa shape index (κ2) is 9.47. The van der Waals surface area contributed by atoms with E-state index in [-0.39, 0.29) is 24.0 Å². The Morgan fingerprint density at radius 2 is 1.85 bits per heavy atom. The molecule has 158 valence electrons. The number of rotatable bonds is 7. The zero-order valence-electron chi connectivity index (χ0n) is 17.4. The van der Waals surface area contributed by atoms with Crippen LogP contribution in [0.4, 0.5) is 0 Å². The van der Waals surface area contributed by atoms with Gasteiger partial charge in [-0.3, -0.25) is 9.59 Å². The number of ether oxygens (including phenoxy) is 2. The number of esters is 1. The first kappa shape index (κ1) is 24.0. The molecule has 1 heterocycles. The molecule has 27 heavy (non-hydrogen) atoms. The van der Waals surface area contributed by atoms with Crippen molar-refractivity contribution in [1.82, 2.24) is 5.32 Å². The van der Waals surface area contributed by atoms with E-state index < -0.39 is 51.4 Å². The molecule has 1 aliphatic rings. The van der Waals surface area contributed by atoms with Crippen molar-refractivity contribution >= 4 is 20.2 Å². The third-order valence-corrected chi connectivity index (χ3v) is 9.79. The van der Waals surface area contributed by atoms with E-state index in [9.17, 15) is 19.8 Å². The SMILES string of the molecule is CCOC(=O)CC1[C@@H](NC(C)=O)[C@H](O[Si](C)(C)C(C)(C)C)O[C@H](CO)[C@H]1O. The van der Waals surface area contributed by atoms with Crippen LogP contribution < -0.4 is 5.32 Å². The van der Waals surface area contributed by atoms with Gasteiger partial charge < -0.3 is 29.4 Å². The second-order valence-electron chi connectivity index (χ2n) is 8.49. The van der Waals surface area contributed by atoms with E-state index in [4.69, 9.17) is 13.9 Å². The predicted molar refractivity (Wildman–Crippen MR) is 102 cm³/mol. The molecule has 0 aliphatic carbocycles. The highest BCUT2D eigenvalue weighted by molar-refractivity contribution is 6.74. The fourth-order valence-corrected chi connectivity index (χ4v) is 3.95. The highest BCUT2D eigenvalue weighted by atomic mass is 28.4. The Morgan fingerprint density at radius 3 is 2.30 bits per heavy atom. The first-order chi connectivity index (χ1) is 12.3. The lowest BCUT2D eigenvalue weighted by Crippen LogP contribution is -2.64. The predicted octanol–water partition coefficient (Wildman–Crippen LogP) is 1.16. The van der Waals surface area contributed by atoms with Crippen LogP contribution in [0.15, 0.2) is 0 Å². The van der Waals surface area contributed by atoms with Crippen LogP contribution in [-0.4, -0.2) is 68.2 Å². The average Bonchev–Trinajstić information content (AvgIpc) is 2.51. The van der Waals surface area contributed by atoms with Gasteiger partial charge in [0.15, 0.2) is 14.6 Å². The minimum atomic E-state index is -2.29. The van der Waals surface area contributed by atoms with Crippen LogP contribution in [0, 0.1) is 5.92 Å². The summed E-state index contributed by atoms with van der Waals surface area (Å²) in [5.74, 6) is -1.51. The maximum absolute atomic E-state index is 12.1. The van der Waals surface area contributed by atoms with E-state index >= 15 is 0 Å². The molecule has 5 atom stereocenters. The summed E-state index contributed by atoms with van der Waals surface area (Å²) in [5, 5.41) is 22.9. The molecular formula is C18H35NO7Si. The number of hydrogen-bond donors (Lipinski definition) is 3. The Kier molecular flexibility index (Phi) is 8.43. The van der Waals surface area contributed by atoms with Crippen molar-refractivity contribution in [3.05, 3.63) is 0 Å². The molecule has 0 spiro atoms. The Morgan fingerprint density at radius 1 is 1.26 bits per heavy atom. The van der Waals surface area contributed by atoms with Gasteiger partial charge in [-0.1, -0.05) is 20.8 Å². The van der Waals surface area contributed by atoms with Crippen molar-refractivity contribution < 1.29 is 33.7 Å². The summed E-state index contributed by atoms with van der Waals surface area (Å²) in [5.41, 5.74) is 0. The highest BCUT2D eigenvalue weighted by Crippen LogP contribution is 2.40. The lowest BCUT2D eigenvalue weighted by atomic mass is 9.84. The number of nitrogens with one attached hydrogen (secondary N) is 1. The van der Waals surface area contributed by atoms with E-state index in [0.717, 1.165) is 0 Å². The summed E-state index contributed by atoms with van der Waals surface area (Å²) in [4.78, 5) is 23.8. The number of hydrogen-bond acceptors (Lipinski definition) is 7. The van der Waals surface area contributed by atoms with Crippen LogP contribution >= 0.6 is 0 Å². The molecule has 1 saturated heterocycles. The summed E-state index contributed by atoms with van der Waals surface area (Å²) in [7, 11) is -2.29. The molecule has 1 amide bonds. The minimum Gasteiger partial charge on any atom is -0.466 e. The van der Waals surface area contributed by atoms with Crippen molar-refractivity contribution in [2.45, 2.75) is 83.7 Å². The van der Waals surface area contributed by atoms with Crippen molar-refractivity contribution in [2.75, 3.05) is 13.2 Å². The van der Waals surface area contributed by atoms with Gasteiger partial charge >= 0.3 is 5.97 Å². The second-order valence-corrected chi connectivity index (χ2v) is 13.2. The summed E-state index contributed by atoms with van der Waals surface area (Å²) in [6, 6.07) is -0.737. The van der Waals surface area contributed by atoms with Gasteiger partial charge in [-0.15, -0.1) is 0 Å². The lowest BCUT2D eigenvalue weighted by molar-refractivity contribution is -0.236. The number of aliphatic hydroxyl groups excluding tert-OH is 2. The van der Waals surface area contributed by atoms with E-state index in [0.29, 0.717) is 0 Å². The van der Waals surface area contributed by atoms with Gasteiger partial charge in [0.25, 0.3) is 0 Å². The maximum Gasteiger partial charge on any atom is 0.306 e. The molecule has 3 N–H and O–H groups in total. The Labute approximate surface area is 162 Å². The van der Waals surface area contributed by atoms with Gasteiger partial charge in [0.05, 0.1) is 31.8 Å². The summed E-state index contributed by atoms with van der Waals surface area (Å²) in [6.45, 7) is 13.2. The molecule has 1 fully saturated rings. The third-order valence-electron chi connectivity index (χ3n) is 5.36. The number of carbonyl (C=O) groups is 2. The summed E-state index contributed by atoms with van der Waals surface area (Å²) < 4.78 is 17.2. The van der Waals surface area contributed by atoms with Gasteiger partial charge in [0.1, 0.15) is 6.10 Å². The maximum atomic E-state index is 12.1. The zero-order valence-corrected chi connectivity index (χ0v) is 18.4. The third kappa shape index (κ3) is 6.25. The Balaban J connectivity index is 3.20. The first-order valence-electron chi connectivity index (χ1n) is 9.39. The number of aliphatic hydroxyl groups is 2. The van der Waals surface area contributed by atoms with Gasteiger partial charge in [-0.2, -0.15) is 0 Å². The molecule has 1 unspecified atom stereocenters. The number of amides is 1.